The van der Waals surface area contributed by atoms with Crippen molar-refractivity contribution in [1.82, 2.24) is 5.32 Å². The van der Waals surface area contributed by atoms with Gasteiger partial charge in [-0.2, -0.15) is 0 Å². The summed E-state index contributed by atoms with van der Waals surface area (Å²) in [6.45, 7) is 3.40. The fourth-order valence-electron chi connectivity index (χ4n) is 2.90. The first-order chi connectivity index (χ1) is 14.2. The molecule has 0 aliphatic rings. The van der Waals surface area contributed by atoms with Gasteiger partial charge in [-0.15, -0.1) is 0 Å². The van der Waals surface area contributed by atoms with Crippen molar-refractivity contribution in [2.24, 2.45) is 0 Å². The zero-order valence-corrected chi connectivity index (χ0v) is 17.6. The summed E-state index contributed by atoms with van der Waals surface area (Å²) < 4.78 is 11.1. The highest BCUT2D eigenvalue weighted by molar-refractivity contribution is 7.99. The predicted octanol–water partition coefficient (Wildman–Crippen LogP) is 4.68. The predicted molar refractivity (Wildman–Crippen MR) is 118 cm³/mol. The quantitative estimate of drug-likeness (QED) is 0.509. The number of aliphatic hydroxyl groups is 1. The van der Waals surface area contributed by atoms with Gasteiger partial charge in [0.1, 0.15) is 24.2 Å². The number of aryl methyl sites for hydroxylation is 1. The highest BCUT2D eigenvalue weighted by atomic mass is 32.2. The highest BCUT2D eigenvalue weighted by Crippen LogP contribution is 2.36. The van der Waals surface area contributed by atoms with Gasteiger partial charge in [-0.05, 0) is 48.4 Å². The van der Waals surface area contributed by atoms with Crippen molar-refractivity contribution in [3.8, 4) is 11.5 Å². The van der Waals surface area contributed by atoms with Crippen molar-refractivity contribution < 1.29 is 14.6 Å². The molecule has 4 nitrogen and oxygen atoms in total. The Morgan fingerprint density at radius 3 is 2.52 bits per heavy atom. The van der Waals surface area contributed by atoms with Crippen molar-refractivity contribution >= 4 is 11.8 Å². The Morgan fingerprint density at radius 1 is 0.966 bits per heavy atom. The number of ether oxygens (including phenoxy) is 2. The summed E-state index contributed by atoms with van der Waals surface area (Å²) in [5.41, 5.74) is 2.31. The van der Waals surface area contributed by atoms with Crippen molar-refractivity contribution in [1.29, 1.82) is 0 Å². The lowest BCUT2D eigenvalue weighted by molar-refractivity contribution is 0.106. The van der Waals surface area contributed by atoms with E-state index in [4.69, 9.17) is 9.47 Å². The molecule has 152 valence electrons. The summed E-state index contributed by atoms with van der Waals surface area (Å²) >= 11 is 1.68. The van der Waals surface area contributed by atoms with Gasteiger partial charge in [0.05, 0.1) is 12.0 Å². The van der Waals surface area contributed by atoms with Crippen LogP contribution in [-0.4, -0.2) is 31.5 Å². The Kier molecular flexibility index (Phi) is 7.99. The maximum Gasteiger partial charge on any atom is 0.132 e. The molecular weight excluding hydrogens is 382 g/mol. The van der Waals surface area contributed by atoms with E-state index in [1.54, 1.807) is 18.9 Å². The number of para-hydroxylation sites is 1. The van der Waals surface area contributed by atoms with E-state index in [-0.39, 0.29) is 6.61 Å². The van der Waals surface area contributed by atoms with E-state index in [9.17, 15) is 5.11 Å². The summed E-state index contributed by atoms with van der Waals surface area (Å²) in [5.74, 6) is 1.64. The average molecular weight is 410 g/mol. The Hall–Kier alpha value is -2.47. The monoisotopic (exact) mass is 409 g/mol. The first kappa shape index (κ1) is 21.2. The van der Waals surface area contributed by atoms with Gasteiger partial charge in [-0.1, -0.05) is 54.2 Å². The molecule has 0 amide bonds. The third-order valence-corrected chi connectivity index (χ3v) is 5.56. The smallest absolute Gasteiger partial charge is 0.132 e. The molecule has 0 aliphatic carbocycles. The van der Waals surface area contributed by atoms with Crippen LogP contribution in [0.2, 0.25) is 0 Å². The molecule has 0 saturated heterocycles. The molecule has 3 aromatic carbocycles. The minimum atomic E-state index is -0.579. The molecule has 0 heterocycles. The van der Waals surface area contributed by atoms with Crippen molar-refractivity contribution in [3.05, 3.63) is 83.9 Å². The second kappa shape index (κ2) is 10.9. The molecule has 2 N–H and O–H groups in total. The van der Waals surface area contributed by atoms with E-state index in [0.717, 1.165) is 26.9 Å². The fourth-order valence-corrected chi connectivity index (χ4v) is 3.95. The molecule has 3 aromatic rings. The van der Waals surface area contributed by atoms with E-state index in [1.807, 2.05) is 61.5 Å². The molecule has 1 atom stereocenters. The molecule has 5 heteroatoms. The Labute approximate surface area is 176 Å². The molecular formula is C24H27NO3S. The fraction of sp³-hybridized carbons (Fsp3) is 0.250. The van der Waals surface area contributed by atoms with Crippen LogP contribution in [0.5, 0.6) is 11.5 Å². The second-order valence-corrected chi connectivity index (χ2v) is 7.86. The van der Waals surface area contributed by atoms with Crippen LogP contribution in [0.25, 0.3) is 0 Å². The van der Waals surface area contributed by atoms with Crippen molar-refractivity contribution in [2.75, 3.05) is 20.3 Å². The second-order valence-electron chi connectivity index (χ2n) is 6.77. The minimum Gasteiger partial charge on any atom is -0.496 e. The van der Waals surface area contributed by atoms with E-state index < -0.39 is 6.10 Å². The molecule has 0 spiro atoms. The number of hydrogen-bond donors (Lipinski definition) is 2. The van der Waals surface area contributed by atoms with Crippen LogP contribution < -0.4 is 14.8 Å². The van der Waals surface area contributed by atoms with Gasteiger partial charge in [-0.3, -0.25) is 0 Å². The SMILES string of the molecule is COc1ccccc1Sc1ccccc1CNCC(O)COc1cccc(C)c1. The minimum absolute atomic E-state index is 0.258. The Bertz CT molecular complexity index is 916. The van der Waals surface area contributed by atoms with Crippen molar-refractivity contribution in [2.45, 2.75) is 29.4 Å². The maximum absolute atomic E-state index is 10.2. The van der Waals surface area contributed by atoms with Gasteiger partial charge in [0.2, 0.25) is 0 Å². The summed E-state index contributed by atoms with van der Waals surface area (Å²) in [6, 6.07) is 24.1. The molecule has 29 heavy (non-hydrogen) atoms. The van der Waals surface area contributed by atoms with Crippen LogP contribution in [0.15, 0.2) is 82.6 Å². The average Bonchev–Trinajstić information content (AvgIpc) is 2.74. The van der Waals surface area contributed by atoms with E-state index in [1.165, 1.54) is 5.56 Å². The van der Waals surface area contributed by atoms with Crippen LogP contribution >= 0.6 is 11.8 Å². The first-order valence-electron chi connectivity index (χ1n) is 9.62. The number of rotatable bonds is 10. The van der Waals surface area contributed by atoms with E-state index in [0.29, 0.717) is 13.1 Å². The van der Waals surface area contributed by atoms with Crippen molar-refractivity contribution in [3.63, 3.8) is 0 Å². The lowest BCUT2D eigenvalue weighted by atomic mass is 10.2. The van der Waals surface area contributed by atoms with Gasteiger partial charge in [0, 0.05) is 18.0 Å². The number of hydrogen-bond acceptors (Lipinski definition) is 5. The number of benzene rings is 3. The van der Waals surface area contributed by atoms with Gasteiger partial charge >= 0.3 is 0 Å². The third-order valence-electron chi connectivity index (χ3n) is 4.39. The maximum atomic E-state index is 10.2. The Balaban J connectivity index is 1.52. The summed E-state index contributed by atoms with van der Waals surface area (Å²) in [4.78, 5) is 2.24. The molecule has 0 fully saturated rings. The molecule has 0 radical (unpaired) electrons. The summed E-state index contributed by atoms with van der Waals surface area (Å²) in [7, 11) is 1.69. The highest BCUT2D eigenvalue weighted by Gasteiger charge is 2.09. The summed E-state index contributed by atoms with van der Waals surface area (Å²) in [5, 5.41) is 13.6. The lowest BCUT2D eigenvalue weighted by Gasteiger charge is -2.15. The third kappa shape index (κ3) is 6.53. The first-order valence-corrected chi connectivity index (χ1v) is 10.4. The van der Waals surface area contributed by atoms with Crippen LogP contribution in [0, 0.1) is 6.92 Å². The zero-order chi connectivity index (χ0) is 20.5. The topological polar surface area (TPSA) is 50.7 Å². The molecule has 0 aliphatic heterocycles. The molecule has 0 aromatic heterocycles. The molecule has 0 bridgehead atoms. The number of nitrogens with one attached hydrogen (secondary N) is 1. The largest absolute Gasteiger partial charge is 0.496 e. The van der Waals surface area contributed by atoms with Gasteiger partial charge in [-0.25, -0.2) is 0 Å². The lowest BCUT2D eigenvalue weighted by Crippen LogP contribution is -2.31. The van der Waals surface area contributed by atoms with E-state index >= 15 is 0 Å². The Morgan fingerprint density at radius 2 is 1.72 bits per heavy atom. The zero-order valence-electron chi connectivity index (χ0n) is 16.8. The molecule has 1 unspecified atom stereocenters. The molecule has 3 rings (SSSR count). The van der Waals surface area contributed by atoms with Gasteiger partial charge in [0.25, 0.3) is 0 Å². The van der Waals surface area contributed by atoms with Crippen LogP contribution in [0.3, 0.4) is 0 Å². The normalized spacial score (nSPS) is 11.8. The van der Waals surface area contributed by atoms with Gasteiger partial charge < -0.3 is 19.9 Å². The summed E-state index contributed by atoms with van der Waals surface area (Å²) in [6.07, 6.45) is -0.579. The standard InChI is InChI=1S/C24H27NO3S/c1-18-8-7-10-21(14-18)28-17-20(26)16-25-15-19-9-3-5-12-23(19)29-24-13-6-4-11-22(24)27-2/h3-14,20,25-26H,15-17H2,1-2H3. The van der Waals surface area contributed by atoms with Crippen LogP contribution in [0.1, 0.15) is 11.1 Å². The number of aliphatic hydroxyl groups excluding tert-OH is 1. The van der Waals surface area contributed by atoms with Crippen LogP contribution in [-0.2, 0) is 6.54 Å². The van der Waals surface area contributed by atoms with Gasteiger partial charge in [0.15, 0.2) is 0 Å². The van der Waals surface area contributed by atoms with Crippen LogP contribution in [0.4, 0.5) is 0 Å². The molecule has 0 saturated carbocycles. The van der Waals surface area contributed by atoms with E-state index in [2.05, 4.69) is 23.5 Å². The number of methoxy groups -OCH3 is 1.